The minimum atomic E-state index is -0.369. The number of carbonyl (C=O) groups is 1. The first kappa shape index (κ1) is 15.4. The highest BCUT2D eigenvalue weighted by molar-refractivity contribution is 5.92. The monoisotopic (exact) mass is 267 g/mol. The zero-order chi connectivity index (χ0) is 14.3. The molecule has 0 saturated carbocycles. The molecule has 0 aliphatic rings. The van der Waals surface area contributed by atoms with E-state index in [-0.39, 0.29) is 29.8 Å². The van der Waals surface area contributed by atoms with Crippen molar-refractivity contribution < 1.29 is 9.90 Å². The molecule has 2 N–H and O–H groups in total. The molecule has 106 valence electrons. The van der Waals surface area contributed by atoms with Gasteiger partial charge >= 0.3 is 0 Å². The summed E-state index contributed by atoms with van der Waals surface area (Å²) in [6.07, 6.45) is 2.43. The number of aryl methyl sites for hydroxylation is 1. The van der Waals surface area contributed by atoms with Crippen molar-refractivity contribution in [3.05, 3.63) is 28.2 Å². The topological polar surface area (TPSA) is 84.2 Å². The Bertz CT molecular complexity index is 466. The third-order valence-corrected chi connectivity index (χ3v) is 2.87. The van der Waals surface area contributed by atoms with E-state index in [1.807, 2.05) is 13.8 Å². The maximum atomic E-state index is 11.9. The second kappa shape index (κ2) is 7.68. The number of unbranched alkanes of at least 4 members (excludes halogenated alkanes) is 1. The van der Waals surface area contributed by atoms with E-state index in [2.05, 4.69) is 10.4 Å². The van der Waals surface area contributed by atoms with Gasteiger partial charge in [0.15, 0.2) is 0 Å². The molecule has 0 fully saturated rings. The zero-order valence-corrected chi connectivity index (χ0v) is 11.4. The minimum Gasteiger partial charge on any atom is -0.394 e. The number of carbonyl (C=O) groups excluding carboxylic acids is 1. The molecule has 0 aliphatic heterocycles. The standard InChI is InChI=1S/C13H21N3O3/c1-3-5-8-16-12(18)7-6-11(15-16)13(19)14-10(4-2)9-17/h6-7,10,17H,3-5,8-9H2,1-2H3,(H,14,19). The predicted octanol–water partition coefficient (Wildman–Crippen LogP) is 0.544. The van der Waals surface area contributed by atoms with Gasteiger partial charge in [0.1, 0.15) is 5.69 Å². The van der Waals surface area contributed by atoms with Crippen molar-refractivity contribution in [1.82, 2.24) is 15.1 Å². The number of amides is 1. The van der Waals surface area contributed by atoms with Gasteiger partial charge in [-0.15, -0.1) is 0 Å². The zero-order valence-electron chi connectivity index (χ0n) is 11.4. The summed E-state index contributed by atoms with van der Waals surface area (Å²) >= 11 is 0. The summed E-state index contributed by atoms with van der Waals surface area (Å²) in [5.41, 5.74) is -0.0122. The molecule has 6 nitrogen and oxygen atoms in total. The molecule has 0 bridgehead atoms. The van der Waals surface area contributed by atoms with Crippen LogP contribution in [0.2, 0.25) is 0 Å². The summed E-state index contributed by atoms with van der Waals surface area (Å²) in [6, 6.07) is 2.46. The fraction of sp³-hybridized carbons (Fsp3) is 0.615. The molecule has 1 amide bonds. The predicted molar refractivity (Wildman–Crippen MR) is 72.0 cm³/mol. The van der Waals surface area contributed by atoms with Gasteiger partial charge in [-0.2, -0.15) is 5.10 Å². The van der Waals surface area contributed by atoms with Crippen LogP contribution in [0.3, 0.4) is 0 Å². The first-order valence-corrected chi connectivity index (χ1v) is 6.62. The van der Waals surface area contributed by atoms with Gasteiger partial charge in [0, 0.05) is 12.6 Å². The smallest absolute Gasteiger partial charge is 0.272 e. The first-order valence-electron chi connectivity index (χ1n) is 6.62. The maximum Gasteiger partial charge on any atom is 0.272 e. The van der Waals surface area contributed by atoms with Gasteiger partial charge in [0.2, 0.25) is 0 Å². The lowest BCUT2D eigenvalue weighted by atomic mass is 10.2. The van der Waals surface area contributed by atoms with E-state index in [1.54, 1.807) is 0 Å². The SMILES string of the molecule is CCCCn1nc(C(=O)NC(CC)CO)ccc1=O. The average molecular weight is 267 g/mol. The molecule has 0 aliphatic carbocycles. The van der Waals surface area contributed by atoms with Crippen LogP contribution in [0.4, 0.5) is 0 Å². The van der Waals surface area contributed by atoms with Gasteiger partial charge in [0.05, 0.1) is 12.6 Å². The average Bonchev–Trinajstić information content (AvgIpc) is 2.43. The molecule has 0 radical (unpaired) electrons. The molecule has 0 saturated heterocycles. The Morgan fingerprint density at radius 3 is 2.79 bits per heavy atom. The lowest BCUT2D eigenvalue weighted by Gasteiger charge is -2.13. The van der Waals surface area contributed by atoms with Gasteiger partial charge in [-0.3, -0.25) is 9.59 Å². The molecule has 19 heavy (non-hydrogen) atoms. The fourth-order valence-electron chi connectivity index (χ4n) is 1.57. The van der Waals surface area contributed by atoms with E-state index >= 15 is 0 Å². The van der Waals surface area contributed by atoms with Crippen LogP contribution >= 0.6 is 0 Å². The molecule has 1 unspecified atom stereocenters. The summed E-state index contributed by atoms with van der Waals surface area (Å²) in [5, 5.41) is 15.8. The van der Waals surface area contributed by atoms with Crippen LogP contribution in [0.25, 0.3) is 0 Å². The van der Waals surface area contributed by atoms with Crippen molar-refractivity contribution in [3.8, 4) is 0 Å². The Kier molecular flexibility index (Phi) is 6.21. The Hall–Kier alpha value is -1.69. The minimum absolute atomic E-state index is 0.113. The van der Waals surface area contributed by atoms with Crippen LogP contribution in [-0.2, 0) is 6.54 Å². The number of aliphatic hydroxyl groups excluding tert-OH is 1. The Morgan fingerprint density at radius 2 is 2.21 bits per heavy atom. The normalized spacial score (nSPS) is 12.2. The molecule has 1 aromatic heterocycles. The fourth-order valence-corrected chi connectivity index (χ4v) is 1.57. The third-order valence-electron chi connectivity index (χ3n) is 2.87. The van der Waals surface area contributed by atoms with E-state index in [4.69, 9.17) is 5.11 Å². The second-order valence-electron chi connectivity index (χ2n) is 4.39. The summed E-state index contributed by atoms with van der Waals surface area (Å²) < 4.78 is 1.30. The molecule has 0 aromatic carbocycles. The van der Waals surface area contributed by atoms with Crippen LogP contribution in [0.15, 0.2) is 16.9 Å². The molecule has 1 atom stereocenters. The summed E-state index contributed by atoms with van der Waals surface area (Å²) in [4.78, 5) is 23.5. The number of nitrogens with one attached hydrogen (secondary N) is 1. The van der Waals surface area contributed by atoms with E-state index in [0.29, 0.717) is 13.0 Å². The van der Waals surface area contributed by atoms with Gasteiger partial charge in [-0.25, -0.2) is 4.68 Å². The quantitative estimate of drug-likeness (QED) is 0.755. The summed E-state index contributed by atoms with van der Waals surface area (Å²) in [6.45, 7) is 4.29. The Morgan fingerprint density at radius 1 is 1.47 bits per heavy atom. The molecular formula is C13H21N3O3. The van der Waals surface area contributed by atoms with Crippen LogP contribution in [0, 0.1) is 0 Å². The molecule has 6 heteroatoms. The van der Waals surface area contributed by atoms with Gasteiger partial charge in [0.25, 0.3) is 11.5 Å². The molecule has 1 aromatic rings. The van der Waals surface area contributed by atoms with E-state index in [0.717, 1.165) is 12.8 Å². The molecular weight excluding hydrogens is 246 g/mol. The third kappa shape index (κ3) is 4.48. The van der Waals surface area contributed by atoms with Gasteiger partial charge < -0.3 is 10.4 Å². The van der Waals surface area contributed by atoms with Crippen molar-refractivity contribution in [2.75, 3.05) is 6.61 Å². The highest BCUT2D eigenvalue weighted by Crippen LogP contribution is 1.96. The highest BCUT2D eigenvalue weighted by atomic mass is 16.3. The summed E-state index contributed by atoms with van der Waals surface area (Å²) in [7, 11) is 0. The largest absolute Gasteiger partial charge is 0.394 e. The second-order valence-corrected chi connectivity index (χ2v) is 4.39. The van der Waals surface area contributed by atoms with Crippen molar-refractivity contribution >= 4 is 5.91 Å². The highest BCUT2D eigenvalue weighted by Gasteiger charge is 2.13. The van der Waals surface area contributed by atoms with Crippen LogP contribution in [-0.4, -0.2) is 33.4 Å². The molecule has 0 spiro atoms. The number of aromatic nitrogens is 2. The van der Waals surface area contributed by atoms with Crippen molar-refractivity contribution in [1.29, 1.82) is 0 Å². The first-order chi connectivity index (χ1) is 9.12. The van der Waals surface area contributed by atoms with Crippen LogP contribution in [0.1, 0.15) is 43.6 Å². The number of nitrogens with zero attached hydrogens (tertiary/aromatic N) is 2. The number of rotatable bonds is 7. The lowest BCUT2D eigenvalue weighted by molar-refractivity contribution is 0.0907. The Labute approximate surface area is 112 Å². The van der Waals surface area contributed by atoms with Crippen molar-refractivity contribution in [2.45, 2.75) is 45.7 Å². The molecule has 1 heterocycles. The van der Waals surface area contributed by atoms with E-state index in [9.17, 15) is 9.59 Å². The molecule has 1 rings (SSSR count). The number of hydrogen-bond donors (Lipinski definition) is 2. The van der Waals surface area contributed by atoms with Gasteiger partial charge in [-0.05, 0) is 18.9 Å². The van der Waals surface area contributed by atoms with Crippen molar-refractivity contribution in [3.63, 3.8) is 0 Å². The number of aliphatic hydroxyl groups is 1. The summed E-state index contributed by atoms with van der Waals surface area (Å²) in [5.74, 6) is -0.369. The van der Waals surface area contributed by atoms with Crippen LogP contribution in [0.5, 0.6) is 0 Å². The lowest BCUT2D eigenvalue weighted by Crippen LogP contribution is -2.38. The van der Waals surface area contributed by atoms with E-state index in [1.165, 1.54) is 16.8 Å². The van der Waals surface area contributed by atoms with Crippen molar-refractivity contribution in [2.24, 2.45) is 0 Å². The Balaban J connectivity index is 2.83. The van der Waals surface area contributed by atoms with E-state index < -0.39 is 0 Å². The maximum absolute atomic E-state index is 11.9. The van der Waals surface area contributed by atoms with Gasteiger partial charge in [-0.1, -0.05) is 20.3 Å². The number of hydrogen-bond acceptors (Lipinski definition) is 4. The van der Waals surface area contributed by atoms with Crippen LogP contribution < -0.4 is 10.9 Å².